The number of aromatic hydroxyl groups is 1. The first kappa shape index (κ1) is 33.6. The van der Waals surface area contributed by atoms with Crippen molar-refractivity contribution < 1.29 is 29.1 Å². The van der Waals surface area contributed by atoms with Gasteiger partial charge in [-0.3, -0.25) is 34.2 Å². The number of phenolic OH excluding ortho intramolecular Hbond substituents is 1. The highest BCUT2D eigenvalue weighted by Crippen LogP contribution is 2.37. The second-order valence-corrected chi connectivity index (χ2v) is 14.2. The summed E-state index contributed by atoms with van der Waals surface area (Å²) in [5.74, 6) is -0.997. The molecule has 3 fully saturated rings. The van der Waals surface area contributed by atoms with Crippen LogP contribution in [0.25, 0.3) is 11.3 Å². The Bertz CT molecular complexity index is 1960. The Kier molecular flexibility index (Phi) is 8.73. The molecule has 5 aliphatic rings. The predicted octanol–water partition coefficient (Wildman–Crippen LogP) is 1.54. The van der Waals surface area contributed by atoms with Crippen LogP contribution in [0.15, 0.2) is 48.5 Å². The molecule has 15 heteroatoms. The molecular formula is C37H41N9O6. The lowest BCUT2D eigenvalue weighted by Gasteiger charge is -2.46. The minimum Gasteiger partial charge on any atom is -0.507 e. The number of para-hydroxylation sites is 1. The van der Waals surface area contributed by atoms with Gasteiger partial charge >= 0.3 is 0 Å². The van der Waals surface area contributed by atoms with Crippen molar-refractivity contribution in [2.24, 2.45) is 5.92 Å². The smallest absolute Gasteiger partial charge is 0.262 e. The highest BCUT2D eigenvalue weighted by molar-refractivity contribution is 6.23. The van der Waals surface area contributed by atoms with Crippen LogP contribution >= 0.6 is 0 Å². The summed E-state index contributed by atoms with van der Waals surface area (Å²) in [5, 5.41) is 24.7. The Morgan fingerprint density at radius 1 is 0.923 bits per heavy atom. The van der Waals surface area contributed by atoms with Crippen LogP contribution in [0.1, 0.15) is 46.4 Å². The topological polar surface area (TPSA) is 172 Å². The van der Waals surface area contributed by atoms with Crippen molar-refractivity contribution >= 4 is 46.7 Å². The molecule has 270 valence electrons. The van der Waals surface area contributed by atoms with Crippen LogP contribution in [0.4, 0.5) is 17.2 Å². The molecule has 1 aromatic heterocycles. The van der Waals surface area contributed by atoms with Crippen LogP contribution in [-0.2, 0) is 14.4 Å². The van der Waals surface area contributed by atoms with E-state index in [1.165, 1.54) is 0 Å². The Hall–Kier alpha value is -5.57. The summed E-state index contributed by atoms with van der Waals surface area (Å²) in [6, 6.07) is 13.3. The van der Waals surface area contributed by atoms with E-state index < -0.39 is 29.7 Å². The van der Waals surface area contributed by atoms with Crippen LogP contribution in [0.2, 0.25) is 0 Å². The quantitative estimate of drug-likeness (QED) is 0.303. The molecule has 3 saturated heterocycles. The number of carbonyl (C=O) groups is 5. The fourth-order valence-corrected chi connectivity index (χ4v) is 8.09. The van der Waals surface area contributed by atoms with Crippen molar-refractivity contribution in [3.8, 4) is 17.0 Å². The number of hydrogen-bond acceptors (Lipinski definition) is 12. The Labute approximate surface area is 300 Å². The second-order valence-electron chi connectivity index (χ2n) is 14.2. The molecule has 0 aliphatic carbocycles. The summed E-state index contributed by atoms with van der Waals surface area (Å²) < 4.78 is 0. The second kappa shape index (κ2) is 13.5. The third-order valence-corrected chi connectivity index (χ3v) is 11.1. The van der Waals surface area contributed by atoms with Crippen LogP contribution in [-0.4, -0.2) is 131 Å². The normalized spacial score (nSPS) is 22.1. The summed E-state index contributed by atoms with van der Waals surface area (Å²) >= 11 is 0. The molecule has 8 rings (SSSR count). The number of nitrogens with zero attached hydrogens (tertiary/aromatic N) is 7. The van der Waals surface area contributed by atoms with E-state index in [1.807, 2.05) is 41.1 Å². The van der Waals surface area contributed by atoms with E-state index in [9.17, 15) is 29.1 Å². The maximum atomic E-state index is 13.7. The van der Waals surface area contributed by atoms with Crippen LogP contribution in [0.5, 0.6) is 5.75 Å². The summed E-state index contributed by atoms with van der Waals surface area (Å²) in [6.07, 6.45) is 1.78. The molecule has 2 atom stereocenters. The van der Waals surface area contributed by atoms with Gasteiger partial charge in [0.2, 0.25) is 17.7 Å². The number of amides is 5. The molecule has 3 N–H and O–H groups in total. The van der Waals surface area contributed by atoms with Crippen LogP contribution in [0, 0.1) is 5.92 Å². The number of piperidine rings is 2. The summed E-state index contributed by atoms with van der Waals surface area (Å²) in [5.41, 5.74) is 3.48. The lowest BCUT2D eigenvalue weighted by Crippen LogP contribution is -2.60. The summed E-state index contributed by atoms with van der Waals surface area (Å²) in [7, 11) is 1.94. The zero-order valence-electron chi connectivity index (χ0n) is 29.0. The number of phenols is 1. The number of piperazine rings is 1. The van der Waals surface area contributed by atoms with Gasteiger partial charge in [-0.05, 0) is 68.8 Å². The molecule has 0 bridgehead atoms. The van der Waals surface area contributed by atoms with E-state index in [0.29, 0.717) is 49.8 Å². The minimum atomic E-state index is -0.992. The van der Waals surface area contributed by atoms with E-state index in [1.54, 1.807) is 24.3 Å². The highest BCUT2D eigenvalue weighted by atomic mass is 16.3. The number of imide groups is 2. The van der Waals surface area contributed by atoms with E-state index in [-0.39, 0.29) is 47.6 Å². The van der Waals surface area contributed by atoms with Crippen molar-refractivity contribution in [3.63, 3.8) is 0 Å². The molecule has 2 aromatic carbocycles. The molecule has 0 radical (unpaired) electrons. The fourth-order valence-electron chi connectivity index (χ4n) is 8.09. The van der Waals surface area contributed by atoms with E-state index in [0.717, 1.165) is 48.8 Å². The van der Waals surface area contributed by atoms with Gasteiger partial charge in [-0.2, -0.15) is 0 Å². The molecule has 5 amide bonds. The number of likely N-dealkylation sites (N-methyl/N-ethyl adjacent to an activating group) is 1. The first-order chi connectivity index (χ1) is 25.2. The average molecular weight is 708 g/mol. The number of hydrogen-bond donors (Lipinski definition) is 3. The van der Waals surface area contributed by atoms with Crippen molar-refractivity contribution in [1.82, 2.24) is 30.2 Å². The van der Waals surface area contributed by atoms with Crippen molar-refractivity contribution in [3.05, 3.63) is 59.7 Å². The lowest BCUT2D eigenvalue weighted by atomic mass is 9.94. The Balaban J connectivity index is 0.827. The molecule has 5 aliphatic heterocycles. The van der Waals surface area contributed by atoms with Gasteiger partial charge < -0.3 is 30.0 Å². The molecular weight excluding hydrogens is 666 g/mol. The highest BCUT2D eigenvalue weighted by Gasteiger charge is 2.45. The number of anilines is 3. The fraction of sp³-hybridized carbons (Fsp3) is 0.432. The number of aromatic nitrogens is 2. The van der Waals surface area contributed by atoms with Crippen molar-refractivity contribution in [2.45, 2.75) is 37.8 Å². The number of benzene rings is 2. The Morgan fingerprint density at radius 3 is 2.50 bits per heavy atom. The number of likely N-dealkylation sites (tertiary alicyclic amines) is 1. The van der Waals surface area contributed by atoms with Crippen LogP contribution < -0.4 is 20.4 Å². The largest absolute Gasteiger partial charge is 0.507 e. The molecule has 0 saturated carbocycles. The molecule has 52 heavy (non-hydrogen) atoms. The van der Waals surface area contributed by atoms with Gasteiger partial charge in [-0.15, -0.1) is 10.2 Å². The zero-order valence-corrected chi connectivity index (χ0v) is 29.0. The standard InChI is InChI=1S/C37H41N9O6/c1-42(23-6-7-25-27(18-23)37(52)46(36(25)51)29-8-9-32(48)39-34(29)49)14-15-43-12-10-22(11-13-43)35(50)44-16-17-45-24(21-44)20-38-33-30(45)19-28(40-41-33)26-4-2-3-5-31(26)47/h2-7,18-19,22,24,29,47H,8-17,20-21H2,1H3,(H,38,41)(H,39,48,49). The number of fused-ring (bicyclic) bond motifs is 4. The Morgan fingerprint density at radius 2 is 1.71 bits per heavy atom. The van der Waals surface area contributed by atoms with Gasteiger partial charge in [0.1, 0.15) is 11.8 Å². The molecule has 6 heterocycles. The predicted molar refractivity (Wildman–Crippen MR) is 191 cm³/mol. The SMILES string of the molecule is CN(CCN1CCC(C(=O)N2CCN3c4cc(-c5ccccc5O)nnc4NCC3C2)CC1)c1ccc2c(c1)C(=O)N(C1CCC(=O)NC1=O)C2=O. The zero-order chi connectivity index (χ0) is 36.1. The maximum Gasteiger partial charge on any atom is 0.262 e. The first-order valence-electron chi connectivity index (χ1n) is 17.9. The third kappa shape index (κ3) is 6.08. The molecule has 15 nitrogen and oxygen atoms in total. The minimum absolute atomic E-state index is 0.0181. The van der Waals surface area contributed by atoms with Gasteiger partial charge in [0.15, 0.2) is 5.82 Å². The van der Waals surface area contributed by atoms with E-state index in [4.69, 9.17) is 0 Å². The van der Waals surface area contributed by atoms with Crippen molar-refractivity contribution in [2.75, 3.05) is 74.5 Å². The number of nitrogens with one attached hydrogen (secondary N) is 2. The number of carbonyl (C=O) groups excluding carboxylic acids is 5. The molecule has 2 unspecified atom stereocenters. The maximum absolute atomic E-state index is 13.7. The third-order valence-electron chi connectivity index (χ3n) is 11.1. The lowest BCUT2D eigenvalue weighted by molar-refractivity contribution is -0.138. The van der Waals surface area contributed by atoms with Crippen LogP contribution in [0.3, 0.4) is 0 Å². The van der Waals surface area contributed by atoms with Crippen molar-refractivity contribution in [1.29, 1.82) is 0 Å². The van der Waals surface area contributed by atoms with Gasteiger partial charge in [-0.25, -0.2) is 0 Å². The van der Waals surface area contributed by atoms with Gasteiger partial charge in [-0.1, -0.05) is 12.1 Å². The van der Waals surface area contributed by atoms with Gasteiger partial charge in [0.25, 0.3) is 11.8 Å². The monoisotopic (exact) mass is 707 g/mol. The summed E-state index contributed by atoms with van der Waals surface area (Å²) in [4.78, 5) is 73.7. The van der Waals surface area contributed by atoms with Gasteiger partial charge in [0.05, 0.1) is 28.6 Å². The van der Waals surface area contributed by atoms with Gasteiger partial charge in [0, 0.05) is 69.9 Å². The molecule has 0 spiro atoms. The average Bonchev–Trinajstić information content (AvgIpc) is 3.41. The van der Waals surface area contributed by atoms with E-state index >= 15 is 0 Å². The molecule has 3 aromatic rings. The summed E-state index contributed by atoms with van der Waals surface area (Å²) in [6.45, 7) is 5.72. The van der Waals surface area contributed by atoms with E-state index in [2.05, 4.69) is 30.6 Å². The first-order valence-corrected chi connectivity index (χ1v) is 17.9. The number of rotatable bonds is 7.